The quantitative estimate of drug-likeness (QED) is 0.901. The smallest absolute Gasteiger partial charge is 0.141 e. The van der Waals surface area contributed by atoms with Crippen molar-refractivity contribution in [2.45, 2.75) is 25.3 Å². The normalized spacial score (nSPS) is 19.2. The highest BCUT2D eigenvalue weighted by molar-refractivity contribution is 6.30. The highest BCUT2D eigenvalue weighted by Crippen LogP contribution is 2.26. The van der Waals surface area contributed by atoms with Crippen LogP contribution in [0.4, 0.5) is 4.39 Å². The molecule has 0 aliphatic carbocycles. The predicted molar refractivity (Wildman–Crippen MR) is 68.6 cm³/mol. The van der Waals surface area contributed by atoms with Gasteiger partial charge in [-0.15, -0.1) is 0 Å². The first-order chi connectivity index (χ1) is 8.22. The fourth-order valence-electron chi connectivity index (χ4n) is 2.45. The molecule has 2 N–H and O–H groups in total. The largest absolute Gasteiger partial charge is 0.329 e. The zero-order valence-corrected chi connectivity index (χ0v) is 10.6. The summed E-state index contributed by atoms with van der Waals surface area (Å²) in [4.78, 5) is 2.37. The monoisotopic (exact) mass is 256 g/mol. The molecule has 4 heteroatoms. The van der Waals surface area contributed by atoms with Crippen LogP contribution in [-0.2, 0) is 0 Å². The molecule has 0 aromatic heterocycles. The van der Waals surface area contributed by atoms with Crippen molar-refractivity contribution < 1.29 is 4.39 Å². The third kappa shape index (κ3) is 2.97. The molecular weight excluding hydrogens is 239 g/mol. The van der Waals surface area contributed by atoms with Gasteiger partial charge in [-0.25, -0.2) is 4.39 Å². The zero-order chi connectivity index (χ0) is 12.3. The Morgan fingerprint density at radius 1 is 1.29 bits per heavy atom. The first-order valence-electron chi connectivity index (χ1n) is 6.11. The first-order valence-corrected chi connectivity index (χ1v) is 6.49. The van der Waals surface area contributed by atoms with Crippen LogP contribution in [-0.4, -0.2) is 24.5 Å². The summed E-state index contributed by atoms with van der Waals surface area (Å²) < 4.78 is 13.1. The van der Waals surface area contributed by atoms with Crippen LogP contribution >= 0.6 is 11.6 Å². The molecule has 94 valence electrons. The molecule has 1 aliphatic heterocycles. The van der Waals surface area contributed by atoms with E-state index in [2.05, 4.69) is 4.90 Å². The molecule has 2 nitrogen and oxygen atoms in total. The second-order valence-electron chi connectivity index (χ2n) is 4.52. The van der Waals surface area contributed by atoms with E-state index in [1.165, 1.54) is 25.3 Å². The molecule has 1 saturated heterocycles. The molecule has 1 fully saturated rings. The lowest BCUT2D eigenvalue weighted by Crippen LogP contribution is -2.37. The maximum Gasteiger partial charge on any atom is 0.141 e. The molecule has 1 aliphatic rings. The lowest BCUT2D eigenvalue weighted by molar-refractivity contribution is 0.167. The summed E-state index contributed by atoms with van der Waals surface area (Å²) in [6.45, 7) is 2.68. The molecule has 2 rings (SSSR count). The summed E-state index contributed by atoms with van der Waals surface area (Å²) in [6, 6.07) is 5.06. The predicted octanol–water partition coefficient (Wildman–Crippen LogP) is 2.96. The Morgan fingerprint density at radius 3 is 2.59 bits per heavy atom. The Balaban J connectivity index is 2.18. The Bertz CT molecular complexity index is 378. The van der Waals surface area contributed by atoms with Crippen LogP contribution in [0.2, 0.25) is 5.02 Å². The molecule has 1 heterocycles. The number of benzene rings is 1. The van der Waals surface area contributed by atoms with E-state index in [1.54, 1.807) is 12.1 Å². The van der Waals surface area contributed by atoms with Gasteiger partial charge in [-0.2, -0.15) is 0 Å². The minimum absolute atomic E-state index is 0.161. The third-order valence-electron chi connectivity index (χ3n) is 3.38. The van der Waals surface area contributed by atoms with Crippen LogP contribution < -0.4 is 5.73 Å². The van der Waals surface area contributed by atoms with Crippen molar-refractivity contribution in [3.8, 4) is 0 Å². The number of hydrogen-bond donors (Lipinski definition) is 1. The van der Waals surface area contributed by atoms with E-state index >= 15 is 0 Å². The van der Waals surface area contributed by atoms with Gasteiger partial charge in [0.25, 0.3) is 0 Å². The Labute approximate surface area is 107 Å². The Kier molecular flexibility index (Phi) is 4.37. The number of piperidine rings is 1. The lowest BCUT2D eigenvalue weighted by atomic mass is 10.0. The maximum absolute atomic E-state index is 13.1. The van der Waals surface area contributed by atoms with Crippen molar-refractivity contribution >= 4 is 11.6 Å². The van der Waals surface area contributed by atoms with E-state index in [-0.39, 0.29) is 16.9 Å². The van der Waals surface area contributed by atoms with Gasteiger partial charge in [-0.05, 0) is 43.6 Å². The second kappa shape index (κ2) is 5.80. The molecule has 1 unspecified atom stereocenters. The zero-order valence-electron chi connectivity index (χ0n) is 9.83. The Morgan fingerprint density at radius 2 is 2.00 bits per heavy atom. The van der Waals surface area contributed by atoms with Crippen molar-refractivity contribution in [1.29, 1.82) is 0 Å². The second-order valence-corrected chi connectivity index (χ2v) is 4.93. The number of nitrogens with two attached hydrogens (primary N) is 1. The average molecular weight is 257 g/mol. The van der Waals surface area contributed by atoms with E-state index in [0.29, 0.717) is 6.54 Å². The first kappa shape index (κ1) is 12.8. The van der Waals surface area contributed by atoms with E-state index < -0.39 is 0 Å². The van der Waals surface area contributed by atoms with Crippen LogP contribution in [0.5, 0.6) is 0 Å². The van der Waals surface area contributed by atoms with Crippen molar-refractivity contribution in [2.75, 3.05) is 19.6 Å². The summed E-state index contributed by atoms with van der Waals surface area (Å²) in [5.74, 6) is -0.371. The van der Waals surface area contributed by atoms with Crippen LogP contribution in [0.3, 0.4) is 0 Å². The van der Waals surface area contributed by atoms with Gasteiger partial charge in [0, 0.05) is 12.6 Å². The van der Waals surface area contributed by atoms with Gasteiger partial charge in [0.1, 0.15) is 5.82 Å². The van der Waals surface area contributed by atoms with Crippen molar-refractivity contribution in [3.05, 3.63) is 34.6 Å². The van der Waals surface area contributed by atoms with Crippen LogP contribution in [0.15, 0.2) is 18.2 Å². The number of hydrogen-bond acceptors (Lipinski definition) is 2. The van der Waals surface area contributed by atoms with E-state index in [1.807, 2.05) is 0 Å². The SMILES string of the molecule is NCC(c1ccc(F)c(Cl)c1)N1CCCCC1. The van der Waals surface area contributed by atoms with E-state index in [4.69, 9.17) is 17.3 Å². The fraction of sp³-hybridized carbons (Fsp3) is 0.538. The number of rotatable bonds is 3. The lowest BCUT2D eigenvalue weighted by Gasteiger charge is -2.34. The molecule has 1 aromatic carbocycles. The van der Waals surface area contributed by atoms with Gasteiger partial charge in [-0.3, -0.25) is 4.90 Å². The maximum atomic E-state index is 13.1. The average Bonchev–Trinajstić information content (AvgIpc) is 2.36. The standard InChI is InChI=1S/C13H18ClFN2/c14-11-8-10(4-5-12(11)15)13(9-16)17-6-2-1-3-7-17/h4-5,8,13H,1-3,6-7,9,16H2. The highest BCUT2D eigenvalue weighted by atomic mass is 35.5. The molecular formula is C13H18ClFN2. The summed E-state index contributed by atoms with van der Waals surface area (Å²) in [6.07, 6.45) is 3.72. The molecule has 0 radical (unpaired) electrons. The summed E-state index contributed by atoms with van der Waals surface area (Å²) in [5.41, 5.74) is 6.86. The van der Waals surface area contributed by atoms with E-state index in [0.717, 1.165) is 18.7 Å². The summed E-state index contributed by atoms with van der Waals surface area (Å²) >= 11 is 5.82. The number of likely N-dealkylation sites (tertiary alicyclic amines) is 1. The van der Waals surface area contributed by atoms with E-state index in [9.17, 15) is 4.39 Å². The molecule has 1 atom stereocenters. The van der Waals surface area contributed by atoms with Crippen LogP contribution in [0.1, 0.15) is 30.9 Å². The van der Waals surface area contributed by atoms with Crippen molar-refractivity contribution in [3.63, 3.8) is 0 Å². The molecule has 0 amide bonds. The van der Waals surface area contributed by atoms with Gasteiger partial charge in [0.2, 0.25) is 0 Å². The van der Waals surface area contributed by atoms with Crippen LogP contribution in [0.25, 0.3) is 0 Å². The molecule has 0 bridgehead atoms. The number of nitrogens with zero attached hydrogens (tertiary/aromatic N) is 1. The molecule has 0 spiro atoms. The van der Waals surface area contributed by atoms with Crippen LogP contribution in [0, 0.1) is 5.82 Å². The molecule has 0 saturated carbocycles. The van der Waals surface area contributed by atoms with Gasteiger partial charge in [0.15, 0.2) is 0 Å². The minimum Gasteiger partial charge on any atom is -0.329 e. The van der Waals surface area contributed by atoms with Gasteiger partial charge in [-0.1, -0.05) is 24.1 Å². The summed E-state index contributed by atoms with van der Waals surface area (Å²) in [5, 5.41) is 0.179. The highest BCUT2D eigenvalue weighted by Gasteiger charge is 2.21. The van der Waals surface area contributed by atoms with Crippen molar-refractivity contribution in [2.24, 2.45) is 5.73 Å². The van der Waals surface area contributed by atoms with Gasteiger partial charge < -0.3 is 5.73 Å². The topological polar surface area (TPSA) is 29.3 Å². The fourth-order valence-corrected chi connectivity index (χ4v) is 2.63. The third-order valence-corrected chi connectivity index (χ3v) is 3.67. The van der Waals surface area contributed by atoms with Crippen molar-refractivity contribution in [1.82, 2.24) is 4.90 Å². The van der Waals surface area contributed by atoms with Gasteiger partial charge in [0.05, 0.1) is 5.02 Å². The number of halogens is 2. The summed E-state index contributed by atoms with van der Waals surface area (Å²) in [7, 11) is 0. The molecule has 17 heavy (non-hydrogen) atoms. The minimum atomic E-state index is -0.371. The Hall–Kier alpha value is -0.640. The van der Waals surface area contributed by atoms with Gasteiger partial charge >= 0.3 is 0 Å². The molecule has 1 aromatic rings.